The summed E-state index contributed by atoms with van der Waals surface area (Å²) in [5, 5.41) is 0.662. The number of furan rings is 1. The minimum atomic E-state index is -0.0517. The molecule has 5 nitrogen and oxygen atoms in total. The van der Waals surface area contributed by atoms with E-state index >= 15 is 0 Å². The van der Waals surface area contributed by atoms with Crippen LogP contribution >= 0.6 is 11.8 Å². The van der Waals surface area contributed by atoms with E-state index in [1.165, 1.54) is 11.8 Å². The van der Waals surface area contributed by atoms with Gasteiger partial charge in [-0.1, -0.05) is 0 Å². The molecule has 0 aromatic carbocycles. The van der Waals surface area contributed by atoms with E-state index < -0.39 is 0 Å². The van der Waals surface area contributed by atoms with Gasteiger partial charge in [0.15, 0.2) is 5.17 Å². The highest BCUT2D eigenvalue weighted by Crippen LogP contribution is 2.33. The fourth-order valence-corrected chi connectivity index (χ4v) is 3.10. The molecule has 2 aromatic heterocycles. The molecule has 0 unspecified atom stereocenters. The van der Waals surface area contributed by atoms with Crippen molar-refractivity contribution < 1.29 is 9.21 Å². The van der Waals surface area contributed by atoms with E-state index in [0.29, 0.717) is 22.4 Å². The fraction of sp³-hybridized carbons (Fsp3) is 0.188. The molecule has 0 radical (unpaired) electrons. The molecule has 0 aliphatic carbocycles. The van der Waals surface area contributed by atoms with Gasteiger partial charge in [0.2, 0.25) is 0 Å². The highest BCUT2D eigenvalue weighted by Gasteiger charge is 2.32. The molecule has 2 aromatic rings. The number of hydrogen-bond donors (Lipinski definition) is 0. The van der Waals surface area contributed by atoms with Crippen LogP contribution in [0, 0.1) is 6.92 Å². The number of carbonyl (C=O) groups is 1. The average molecular weight is 313 g/mol. The van der Waals surface area contributed by atoms with E-state index in [0.717, 1.165) is 11.4 Å². The Balaban J connectivity index is 1.92. The van der Waals surface area contributed by atoms with Crippen molar-refractivity contribution in [3.8, 4) is 0 Å². The molecule has 3 rings (SSSR count). The van der Waals surface area contributed by atoms with Gasteiger partial charge in [-0.15, -0.1) is 0 Å². The monoisotopic (exact) mass is 313 g/mol. The zero-order valence-corrected chi connectivity index (χ0v) is 13.1. The van der Waals surface area contributed by atoms with Crippen LogP contribution in [-0.4, -0.2) is 27.5 Å². The van der Waals surface area contributed by atoms with Crippen LogP contribution in [0.3, 0.4) is 0 Å². The lowest BCUT2D eigenvalue weighted by molar-refractivity contribution is -0.122. The second-order valence-electron chi connectivity index (χ2n) is 4.71. The number of amidine groups is 1. The van der Waals surface area contributed by atoms with Crippen LogP contribution in [0.1, 0.15) is 18.4 Å². The van der Waals surface area contributed by atoms with E-state index in [2.05, 4.69) is 9.98 Å². The summed E-state index contributed by atoms with van der Waals surface area (Å²) in [4.78, 5) is 23.3. The number of aromatic nitrogens is 1. The Kier molecular flexibility index (Phi) is 4.11. The van der Waals surface area contributed by atoms with Crippen molar-refractivity contribution in [3.63, 3.8) is 0 Å². The van der Waals surface area contributed by atoms with Gasteiger partial charge in [0.05, 0.1) is 16.8 Å². The van der Waals surface area contributed by atoms with Crippen LogP contribution in [0.2, 0.25) is 0 Å². The van der Waals surface area contributed by atoms with Crippen LogP contribution in [0.15, 0.2) is 51.0 Å². The Bertz CT molecular complexity index is 750. The zero-order chi connectivity index (χ0) is 15.5. The van der Waals surface area contributed by atoms with E-state index in [9.17, 15) is 4.79 Å². The van der Waals surface area contributed by atoms with Gasteiger partial charge in [0, 0.05) is 18.8 Å². The SMILES string of the molecule is CCN1C(=O)/C(=C\c2ccc(C)o2)SC1=Nc1cccnc1. The predicted octanol–water partition coefficient (Wildman–Crippen LogP) is 3.61. The van der Waals surface area contributed by atoms with Gasteiger partial charge in [0.25, 0.3) is 5.91 Å². The summed E-state index contributed by atoms with van der Waals surface area (Å²) in [6.45, 7) is 4.37. The Hall–Kier alpha value is -2.34. The van der Waals surface area contributed by atoms with Crippen molar-refractivity contribution in [1.29, 1.82) is 0 Å². The van der Waals surface area contributed by atoms with Gasteiger partial charge < -0.3 is 4.42 Å². The maximum absolute atomic E-state index is 12.4. The minimum Gasteiger partial charge on any atom is -0.462 e. The van der Waals surface area contributed by atoms with Crippen molar-refractivity contribution in [2.24, 2.45) is 4.99 Å². The molecule has 0 saturated carbocycles. The number of hydrogen-bond acceptors (Lipinski definition) is 5. The van der Waals surface area contributed by atoms with Gasteiger partial charge in [-0.2, -0.15) is 0 Å². The summed E-state index contributed by atoms with van der Waals surface area (Å²) in [5.41, 5.74) is 0.728. The van der Waals surface area contributed by atoms with Crippen molar-refractivity contribution in [2.45, 2.75) is 13.8 Å². The minimum absolute atomic E-state index is 0.0517. The maximum Gasteiger partial charge on any atom is 0.266 e. The summed E-state index contributed by atoms with van der Waals surface area (Å²) in [5.74, 6) is 1.44. The molecule has 1 amide bonds. The molecule has 22 heavy (non-hydrogen) atoms. The molecule has 1 fully saturated rings. The molecule has 0 N–H and O–H groups in total. The lowest BCUT2D eigenvalue weighted by atomic mass is 10.3. The van der Waals surface area contributed by atoms with Gasteiger partial charge in [-0.05, 0) is 49.9 Å². The van der Waals surface area contributed by atoms with Crippen molar-refractivity contribution >= 4 is 34.6 Å². The van der Waals surface area contributed by atoms with Crippen LogP contribution in [0.25, 0.3) is 6.08 Å². The number of carbonyl (C=O) groups excluding carboxylic acids is 1. The Labute approximate surface area is 132 Å². The number of amides is 1. The second-order valence-corrected chi connectivity index (χ2v) is 5.72. The standard InChI is InChI=1S/C16H15N3O2S/c1-3-19-15(20)14(9-13-7-6-11(2)21-13)22-16(19)18-12-5-4-8-17-10-12/h4-10H,3H2,1-2H3/b14-9+,18-16?. The number of aliphatic imine (C=N–C) groups is 1. The van der Waals surface area contributed by atoms with Gasteiger partial charge >= 0.3 is 0 Å². The fourth-order valence-electron chi connectivity index (χ4n) is 2.06. The van der Waals surface area contributed by atoms with Gasteiger partial charge in [-0.25, -0.2) is 4.99 Å². The topological polar surface area (TPSA) is 58.7 Å². The Morgan fingerprint density at radius 2 is 2.27 bits per heavy atom. The summed E-state index contributed by atoms with van der Waals surface area (Å²) >= 11 is 1.35. The van der Waals surface area contributed by atoms with Crippen LogP contribution < -0.4 is 0 Å². The number of rotatable bonds is 3. The highest BCUT2D eigenvalue weighted by molar-refractivity contribution is 8.18. The van der Waals surface area contributed by atoms with Crippen LogP contribution in [-0.2, 0) is 4.79 Å². The van der Waals surface area contributed by atoms with E-state index in [4.69, 9.17) is 4.42 Å². The van der Waals surface area contributed by atoms with E-state index in [1.807, 2.05) is 38.1 Å². The number of nitrogens with zero attached hydrogens (tertiary/aromatic N) is 3. The largest absolute Gasteiger partial charge is 0.462 e. The molecule has 1 aliphatic heterocycles. The first-order valence-corrected chi connectivity index (χ1v) is 7.75. The van der Waals surface area contributed by atoms with E-state index in [1.54, 1.807) is 23.4 Å². The molecule has 0 spiro atoms. The maximum atomic E-state index is 12.4. The third-order valence-corrected chi connectivity index (χ3v) is 4.12. The number of pyridine rings is 1. The number of likely N-dealkylation sites (N-methyl/N-ethyl adjacent to an activating group) is 1. The van der Waals surface area contributed by atoms with Crippen LogP contribution in [0.5, 0.6) is 0 Å². The first kappa shape index (κ1) is 14.6. The molecular weight excluding hydrogens is 298 g/mol. The predicted molar refractivity (Wildman–Crippen MR) is 87.7 cm³/mol. The molecule has 1 aliphatic rings. The third kappa shape index (κ3) is 2.96. The molecule has 0 atom stereocenters. The Morgan fingerprint density at radius 3 is 2.91 bits per heavy atom. The Morgan fingerprint density at radius 1 is 1.41 bits per heavy atom. The zero-order valence-electron chi connectivity index (χ0n) is 12.3. The molecule has 1 saturated heterocycles. The quantitative estimate of drug-likeness (QED) is 0.812. The summed E-state index contributed by atoms with van der Waals surface area (Å²) in [6.07, 6.45) is 5.12. The number of aryl methyl sites for hydroxylation is 1. The average Bonchev–Trinajstić information content (AvgIpc) is 3.05. The molecule has 0 bridgehead atoms. The first-order valence-electron chi connectivity index (χ1n) is 6.94. The van der Waals surface area contributed by atoms with E-state index in [-0.39, 0.29) is 5.91 Å². The third-order valence-electron chi connectivity index (χ3n) is 3.11. The van der Waals surface area contributed by atoms with Gasteiger partial charge in [0.1, 0.15) is 11.5 Å². The van der Waals surface area contributed by atoms with Crippen molar-refractivity contribution in [1.82, 2.24) is 9.88 Å². The van der Waals surface area contributed by atoms with Crippen molar-refractivity contribution in [2.75, 3.05) is 6.54 Å². The number of thioether (sulfide) groups is 1. The van der Waals surface area contributed by atoms with Crippen molar-refractivity contribution in [3.05, 3.63) is 53.1 Å². The van der Waals surface area contributed by atoms with Gasteiger partial charge in [-0.3, -0.25) is 14.7 Å². The lowest BCUT2D eigenvalue weighted by Gasteiger charge is -2.11. The molecular formula is C16H15N3O2S. The summed E-state index contributed by atoms with van der Waals surface area (Å²) in [6, 6.07) is 7.40. The normalized spacial score (nSPS) is 18.6. The summed E-state index contributed by atoms with van der Waals surface area (Å²) in [7, 11) is 0. The molecule has 112 valence electrons. The molecule has 3 heterocycles. The highest BCUT2D eigenvalue weighted by atomic mass is 32.2. The second kappa shape index (κ2) is 6.19. The molecule has 6 heteroatoms. The summed E-state index contributed by atoms with van der Waals surface area (Å²) < 4.78 is 5.51. The lowest BCUT2D eigenvalue weighted by Crippen LogP contribution is -2.28. The van der Waals surface area contributed by atoms with Crippen LogP contribution in [0.4, 0.5) is 5.69 Å². The smallest absolute Gasteiger partial charge is 0.266 e. The first-order chi connectivity index (χ1) is 10.7.